The molecule has 21 heavy (non-hydrogen) atoms. The lowest BCUT2D eigenvalue weighted by Crippen LogP contribution is -2.32. The van der Waals surface area contributed by atoms with E-state index in [1.807, 2.05) is 47.4 Å². The largest absolute Gasteiger partial charge is 0.439 e. The molecular formula is C16H18N4O. The van der Waals surface area contributed by atoms with E-state index in [0.29, 0.717) is 6.04 Å². The molecular weight excluding hydrogens is 264 g/mol. The maximum absolute atomic E-state index is 5.84. The summed E-state index contributed by atoms with van der Waals surface area (Å²) in [5.74, 6) is 0.809. The van der Waals surface area contributed by atoms with Gasteiger partial charge in [0.15, 0.2) is 5.58 Å². The van der Waals surface area contributed by atoms with E-state index in [1.54, 1.807) is 0 Å². The molecule has 3 aromatic rings. The lowest BCUT2D eigenvalue weighted by Gasteiger charge is -2.22. The van der Waals surface area contributed by atoms with Crippen LogP contribution < -0.4 is 0 Å². The summed E-state index contributed by atoms with van der Waals surface area (Å²) in [5.41, 5.74) is 1.81. The third-order valence-corrected chi connectivity index (χ3v) is 4.13. The molecule has 4 rings (SSSR count). The normalized spacial score (nSPS) is 19.5. The third kappa shape index (κ3) is 2.56. The number of oxazole rings is 1. The van der Waals surface area contributed by atoms with Crippen molar-refractivity contribution in [1.29, 1.82) is 0 Å². The van der Waals surface area contributed by atoms with Gasteiger partial charge < -0.3 is 4.42 Å². The van der Waals surface area contributed by atoms with Crippen molar-refractivity contribution in [3.8, 4) is 0 Å². The molecule has 1 aliphatic heterocycles. The van der Waals surface area contributed by atoms with Crippen LogP contribution in [0.5, 0.6) is 0 Å². The molecule has 1 fully saturated rings. The Morgan fingerprint density at radius 3 is 3.05 bits per heavy atom. The molecule has 1 atom stereocenters. The summed E-state index contributed by atoms with van der Waals surface area (Å²) in [5, 5.41) is 4.31. The number of likely N-dealkylation sites (tertiary alicyclic amines) is 1. The van der Waals surface area contributed by atoms with E-state index in [0.717, 1.165) is 36.6 Å². The predicted molar refractivity (Wildman–Crippen MR) is 79.7 cm³/mol. The molecule has 0 unspecified atom stereocenters. The van der Waals surface area contributed by atoms with Crippen molar-refractivity contribution < 1.29 is 4.42 Å². The topological polar surface area (TPSA) is 47.1 Å². The van der Waals surface area contributed by atoms with E-state index >= 15 is 0 Å². The molecule has 0 bridgehead atoms. The van der Waals surface area contributed by atoms with Crippen LogP contribution in [0.1, 0.15) is 18.7 Å². The molecule has 2 aromatic heterocycles. The fourth-order valence-corrected chi connectivity index (χ4v) is 3.10. The second kappa shape index (κ2) is 5.33. The number of para-hydroxylation sites is 2. The standard InChI is InChI=1S/C16H18N4O/c1-2-7-15-14(6-1)18-16(21-15)12-19-9-3-5-13(19)11-20-10-4-8-17-20/h1-2,4,6-8,10,13H,3,5,9,11-12H2/t13-/m0/s1. The van der Waals surface area contributed by atoms with Crippen molar-refractivity contribution in [3.05, 3.63) is 48.6 Å². The Labute approximate surface area is 123 Å². The molecule has 1 aliphatic rings. The van der Waals surface area contributed by atoms with Crippen LogP contribution in [0.25, 0.3) is 11.1 Å². The van der Waals surface area contributed by atoms with E-state index in [9.17, 15) is 0 Å². The summed E-state index contributed by atoms with van der Waals surface area (Å²) >= 11 is 0. The minimum Gasteiger partial charge on any atom is -0.439 e. The molecule has 108 valence electrons. The van der Waals surface area contributed by atoms with Gasteiger partial charge in [-0.3, -0.25) is 9.58 Å². The molecule has 0 amide bonds. The van der Waals surface area contributed by atoms with Gasteiger partial charge in [-0.05, 0) is 37.6 Å². The number of fused-ring (bicyclic) bond motifs is 1. The summed E-state index contributed by atoms with van der Waals surface area (Å²) in [7, 11) is 0. The van der Waals surface area contributed by atoms with Gasteiger partial charge in [-0.1, -0.05) is 12.1 Å². The highest BCUT2D eigenvalue weighted by molar-refractivity contribution is 5.72. The van der Waals surface area contributed by atoms with Gasteiger partial charge in [-0.25, -0.2) is 4.98 Å². The number of hydrogen-bond donors (Lipinski definition) is 0. The molecule has 0 spiro atoms. The smallest absolute Gasteiger partial charge is 0.209 e. The van der Waals surface area contributed by atoms with Crippen LogP contribution in [0.15, 0.2) is 47.1 Å². The predicted octanol–water partition coefficient (Wildman–Crippen LogP) is 2.69. The Morgan fingerprint density at radius 2 is 2.19 bits per heavy atom. The molecule has 0 radical (unpaired) electrons. The van der Waals surface area contributed by atoms with Crippen molar-refractivity contribution in [2.24, 2.45) is 0 Å². The first-order valence-corrected chi connectivity index (χ1v) is 7.44. The zero-order chi connectivity index (χ0) is 14.1. The van der Waals surface area contributed by atoms with Gasteiger partial charge in [0.1, 0.15) is 5.52 Å². The summed E-state index contributed by atoms with van der Waals surface area (Å²) in [6.45, 7) is 2.82. The van der Waals surface area contributed by atoms with Crippen molar-refractivity contribution >= 4 is 11.1 Å². The Morgan fingerprint density at radius 1 is 1.24 bits per heavy atom. The fraction of sp³-hybridized carbons (Fsp3) is 0.375. The molecule has 0 saturated carbocycles. The molecule has 3 heterocycles. The first kappa shape index (κ1) is 12.6. The van der Waals surface area contributed by atoms with Crippen molar-refractivity contribution in [2.75, 3.05) is 6.54 Å². The number of aromatic nitrogens is 3. The van der Waals surface area contributed by atoms with Gasteiger partial charge in [-0.15, -0.1) is 0 Å². The zero-order valence-corrected chi connectivity index (χ0v) is 11.9. The van der Waals surface area contributed by atoms with Gasteiger partial charge in [-0.2, -0.15) is 5.10 Å². The Kier molecular flexibility index (Phi) is 3.20. The van der Waals surface area contributed by atoms with Crippen LogP contribution in [0.3, 0.4) is 0 Å². The quantitative estimate of drug-likeness (QED) is 0.738. The summed E-state index contributed by atoms with van der Waals surface area (Å²) in [6.07, 6.45) is 6.29. The molecule has 0 N–H and O–H groups in total. The van der Waals surface area contributed by atoms with Crippen LogP contribution in [0.2, 0.25) is 0 Å². The van der Waals surface area contributed by atoms with Crippen molar-refractivity contribution in [2.45, 2.75) is 32.0 Å². The van der Waals surface area contributed by atoms with Crippen LogP contribution in [0.4, 0.5) is 0 Å². The van der Waals surface area contributed by atoms with E-state index in [1.165, 1.54) is 12.8 Å². The average Bonchev–Trinajstić information content (AvgIpc) is 3.21. The van der Waals surface area contributed by atoms with Crippen molar-refractivity contribution in [3.63, 3.8) is 0 Å². The van der Waals surface area contributed by atoms with Gasteiger partial charge >= 0.3 is 0 Å². The average molecular weight is 282 g/mol. The minimum absolute atomic E-state index is 0.514. The van der Waals surface area contributed by atoms with Crippen molar-refractivity contribution in [1.82, 2.24) is 19.7 Å². The Balaban J connectivity index is 1.49. The number of hydrogen-bond acceptors (Lipinski definition) is 4. The maximum atomic E-state index is 5.84. The number of rotatable bonds is 4. The zero-order valence-electron chi connectivity index (χ0n) is 11.9. The highest BCUT2D eigenvalue weighted by atomic mass is 16.3. The first-order valence-electron chi connectivity index (χ1n) is 7.44. The lowest BCUT2D eigenvalue weighted by atomic mass is 10.2. The Hall–Kier alpha value is -2.14. The van der Waals surface area contributed by atoms with Gasteiger partial charge in [0.05, 0.1) is 13.1 Å². The van der Waals surface area contributed by atoms with E-state index < -0.39 is 0 Å². The molecule has 5 nitrogen and oxygen atoms in total. The third-order valence-electron chi connectivity index (χ3n) is 4.13. The van der Waals surface area contributed by atoms with E-state index in [2.05, 4.69) is 15.0 Å². The van der Waals surface area contributed by atoms with E-state index in [-0.39, 0.29) is 0 Å². The van der Waals surface area contributed by atoms with Gasteiger partial charge in [0.2, 0.25) is 5.89 Å². The van der Waals surface area contributed by atoms with Gasteiger partial charge in [0, 0.05) is 18.4 Å². The van der Waals surface area contributed by atoms with Crippen LogP contribution >= 0.6 is 0 Å². The Bertz CT molecular complexity index is 686. The molecule has 0 aliphatic carbocycles. The molecule has 5 heteroatoms. The summed E-state index contributed by atoms with van der Waals surface area (Å²) in [4.78, 5) is 7.03. The SMILES string of the molecule is c1ccc2oc(CN3CCC[C@H]3Cn3cccn3)nc2c1. The van der Waals surface area contributed by atoms with E-state index in [4.69, 9.17) is 4.42 Å². The summed E-state index contributed by atoms with van der Waals surface area (Å²) in [6, 6.07) is 10.4. The monoisotopic (exact) mass is 282 g/mol. The second-order valence-corrected chi connectivity index (χ2v) is 5.57. The first-order chi connectivity index (χ1) is 10.4. The molecule has 1 saturated heterocycles. The maximum Gasteiger partial charge on any atom is 0.209 e. The van der Waals surface area contributed by atoms with Crippen LogP contribution in [-0.4, -0.2) is 32.3 Å². The fourth-order valence-electron chi connectivity index (χ4n) is 3.10. The highest BCUT2D eigenvalue weighted by Crippen LogP contribution is 2.23. The molecule has 1 aromatic carbocycles. The highest BCUT2D eigenvalue weighted by Gasteiger charge is 2.26. The second-order valence-electron chi connectivity index (χ2n) is 5.57. The van der Waals surface area contributed by atoms with Crippen LogP contribution in [0, 0.1) is 0 Å². The summed E-state index contributed by atoms with van der Waals surface area (Å²) < 4.78 is 7.85. The lowest BCUT2D eigenvalue weighted by molar-refractivity contribution is 0.201. The minimum atomic E-state index is 0.514. The van der Waals surface area contributed by atoms with Crippen LogP contribution in [-0.2, 0) is 13.1 Å². The number of nitrogens with zero attached hydrogens (tertiary/aromatic N) is 4. The van der Waals surface area contributed by atoms with Gasteiger partial charge in [0.25, 0.3) is 0 Å². The number of benzene rings is 1.